The first-order valence-corrected chi connectivity index (χ1v) is 26.2. The Morgan fingerprint density at radius 2 is 1.54 bits per heavy atom. The van der Waals surface area contributed by atoms with E-state index < -0.39 is 25.3 Å². The van der Waals surface area contributed by atoms with Gasteiger partial charge in [-0.3, -0.25) is 19.3 Å². The number of fused-ring (bicyclic) bond motifs is 3. The Hall–Kier alpha value is -5.79. The van der Waals surface area contributed by atoms with Gasteiger partial charge in [0.15, 0.2) is 5.60 Å². The zero-order valence-corrected chi connectivity index (χ0v) is 38.8. The molecule has 3 fully saturated rings. The highest BCUT2D eigenvalue weighted by Gasteiger charge is 2.66. The largest absolute Gasteiger partial charge is 0.497 e. The second kappa shape index (κ2) is 16.9. The van der Waals surface area contributed by atoms with Crippen LogP contribution in [0.4, 0.5) is 17.1 Å². The standard InChI is InChI=1S/C53H59N5O6Si/c1-36-49(65(3,4)44-23-21-43(63-2)22-24-44)47(31-48(60)55-33-39-15-9-8-14-38(39)30-42(55)34-59)64-53(36)45-19-10-11-20-46(45)56(51(53)62)32-37-13-12-18-41(29-37)57-35-58(40-16-6-5-7-17-40)52(50(57)61)25-27-54-28-26-52/h5-24,29,36,42,47,49,54,59H,25-28,30-35H2,1-4H3/t36-,42-,47+,49-,53+/m0/s1. The third kappa shape index (κ3) is 7.08. The van der Waals surface area contributed by atoms with E-state index >= 15 is 4.79 Å². The smallest absolute Gasteiger partial charge is 0.264 e. The number of carbonyl (C=O) groups excluding carboxylic acids is 3. The number of aliphatic hydroxyl groups excluding tert-OH is 1. The lowest BCUT2D eigenvalue weighted by Crippen LogP contribution is -2.55. The van der Waals surface area contributed by atoms with Gasteiger partial charge in [-0.05, 0) is 97.0 Å². The zero-order chi connectivity index (χ0) is 45.1. The second-order valence-electron chi connectivity index (χ2n) is 19.2. The number of hydrogen-bond acceptors (Lipinski definition) is 8. The minimum atomic E-state index is -2.54. The number of ether oxygens (including phenoxy) is 2. The topological polar surface area (TPSA) is 115 Å². The molecule has 11 nitrogen and oxygen atoms in total. The van der Waals surface area contributed by atoms with Crippen molar-refractivity contribution in [3.63, 3.8) is 0 Å². The van der Waals surface area contributed by atoms with Crippen LogP contribution in [0.3, 0.4) is 0 Å². The Bertz CT molecular complexity index is 2600. The number of methoxy groups -OCH3 is 1. The quantitative estimate of drug-likeness (QED) is 0.149. The molecule has 2 spiro atoms. The van der Waals surface area contributed by atoms with Gasteiger partial charge in [-0.1, -0.05) is 110 Å². The van der Waals surface area contributed by atoms with Gasteiger partial charge in [-0.2, -0.15) is 0 Å². The van der Waals surface area contributed by atoms with E-state index in [0.717, 1.165) is 71.0 Å². The van der Waals surface area contributed by atoms with E-state index in [1.807, 2.05) is 99.6 Å². The average Bonchev–Trinajstić information content (AvgIpc) is 3.88. The molecule has 0 aromatic heterocycles. The average molecular weight is 890 g/mol. The van der Waals surface area contributed by atoms with Gasteiger partial charge in [0.2, 0.25) is 5.91 Å². The van der Waals surface area contributed by atoms with E-state index in [2.05, 4.69) is 72.7 Å². The van der Waals surface area contributed by atoms with Crippen molar-refractivity contribution in [1.29, 1.82) is 0 Å². The number of anilines is 3. The Morgan fingerprint density at radius 1 is 0.846 bits per heavy atom. The summed E-state index contributed by atoms with van der Waals surface area (Å²) in [6.07, 6.45) is 1.53. The Kier molecular flexibility index (Phi) is 11.2. The van der Waals surface area contributed by atoms with Crippen LogP contribution in [0.25, 0.3) is 0 Å². The number of benzene rings is 5. The van der Waals surface area contributed by atoms with Crippen LogP contribution >= 0.6 is 0 Å². The van der Waals surface area contributed by atoms with Crippen molar-refractivity contribution in [3.05, 3.63) is 150 Å². The lowest BCUT2D eigenvalue weighted by Gasteiger charge is -2.39. The van der Waals surface area contributed by atoms with Gasteiger partial charge in [-0.25, -0.2) is 0 Å². The highest BCUT2D eigenvalue weighted by Crippen LogP contribution is 2.60. The first kappa shape index (κ1) is 43.1. The highest BCUT2D eigenvalue weighted by molar-refractivity contribution is 6.91. The molecule has 0 unspecified atom stereocenters. The molecule has 5 atom stereocenters. The van der Waals surface area contributed by atoms with E-state index in [1.165, 1.54) is 5.19 Å². The number of aliphatic hydroxyl groups is 1. The molecule has 5 aliphatic heterocycles. The molecule has 0 bridgehead atoms. The van der Waals surface area contributed by atoms with Crippen molar-refractivity contribution >= 4 is 48.0 Å². The SMILES string of the molecule is COc1ccc([Si](C)(C)[C@@H]2[C@@H](CC(=O)N3Cc4ccccc4C[C@H]3CO)O[C@]3(C(=O)N(Cc4cccc(N5CN(c6ccccc6)C6(CCNCC6)C5=O)c4)c4ccccc43)[C@H]2C)cc1. The summed E-state index contributed by atoms with van der Waals surface area (Å²) in [5.41, 5.74) is 4.46. The van der Waals surface area contributed by atoms with Crippen LogP contribution in [0.1, 0.15) is 48.4 Å². The fourth-order valence-corrected chi connectivity index (χ4v) is 16.1. The van der Waals surface area contributed by atoms with Gasteiger partial charge in [0.25, 0.3) is 11.8 Å². The van der Waals surface area contributed by atoms with Crippen LogP contribution in [-0.4, -0.2) is 87.0 Å². The van der Waals surface area contributed by atoms with Crippen LogP contribution in [0, 0.1) is 5.92 Å². The third-order valence-electron chi connectivity index (χ3n) is 15.5. The molecule has 3 saturated heterocycles. The Morgan fingerprint density at radius 3 is 2.28 bits per heavy atom. The maximum absolute atomic E-state index is 15.7. The molecule has 0 saturated carbocycles. The van der Waals surface area contributed by atoms with Crippen LogP contribution in [0.15, 0.2) is 127 Å². The summed E-state index contributed by atoms with van der Waals surface area (Å²) in [4.78, 5) is 52.9. The summed E-state index contributed by atoms with van der Waals surface area (Å²) in [6.45, 7) is 9.32. The van der Waals surface area contributed by atoms with E-state index in [4.69, 9.17) is 9.47 Å². The van der Waals surface area contributed by atoms with Gasteiger partial charge >= 0.3 is 0 Å². The molecule has 0 radical (unpaired) electrons. The van der Waals surface area contributed by atoms with Crippen LogP contribution in [0.2, 0.25) is 18.6 Å². The summed E-state index contributed by atoms with van der Waals surface area (Å²) in [5, 5.41) is 15.2. The van der Waals surface area contributed by atoms with Gasteiger partial charge in [0, 0.05) is 29.4 Å². The molecule has 5 aliphatic rings. The maximum atomic E-state index is 15.7. The Labute approximate surface area is 383 Å². The predicted octanol–water partition coefficient (Wildman–Crippen LogP) is 6.73. The lowest BCUT2D eigenvalue weighted by atomic mass is 9.82. The monoisotopic (exact) mass is 889 g/mol. The number of rotatable bonds is 10. The van der Waals surface area contributed by atoms with Crippen molar-refractivity contribution < 1.29 is 29.0 Å². The summed E-state index contributed by atoms with van der Waals surface area (Å²) >= 11 is 0. The minimum Gasteiger partial charge on any atom is -0.497 e. The van der Waals surface area contributed by atoms with Crippen LogP contribution in [0.5, 0.6) is 5.75 Å². The number of amides is 3. The molecule has 5 heterocycles. The summed E-state index contributed by atoms with van der Waals surface area (Å²) in [7, 11) is -0.879. The van der Waals surface area contributed by atoms with Crippen molar-refractivity contribution in [2.24, 2.45) is 5.92 Å². The van der Waals surface area contributed by atoms with Crippen molar-refractivity contribution in [2.75, 3.05) is 48.2 Å². The normalized spacial score (nSPS) is 24.8. The fraction of sp³-hybridized carbons (Fsp3) is 0.377. The number of nitrogens with one attached hydrogen (secondary N) is 1. The number of hydrogen-bond donors (Lipinski definition) is 2. The van der Waals surface area contributed by atoms with Crippen LogP contribution in [-0.2, 0) is 44.2 Å². The van der Waals surface area contributed by atoms with Crippen molar-refractivity contribution in [1.82, 2.24) is 10.2 Å². The zero-order valence-electron chi connectivity index (χ0n) is 37.8. The molecule has 5 aromatic rings. The summed E-state index contributed by atoms with van der Waals surface area (Å²) < 4.78 is 12.9. The van der Waals surface area contributed by atoms with Gasteiger partial charge < -0.3 is 34.6 Å². The van der Waals surface area contributed by atoms with Gasteiger partial charge in [0.1, 0.15) is 11.3 Å². The highest BCUT2D eigenvalue weighted by atomic mass is 28.3. The molecule has 12 heteroatoms. The summed E-state index contributed by atoms with van der Waals surface area (Å²) in [5.74, 6) is 0.350. The molecule has 336 valence electrons. The molecule has 65 heavy (non-hydrogen) atoms. The lowest BCUT2D eigenvalue weighted by molar-refractivity contribution is -0.151. The van der Waals surface area contributed by atoms with E-state index in [0.29, 0.717) is 19.6 Å². The van der Waals surface area contributed by atoms with E-state index in [1.54, 1.807) is 7.11 Å². The molecular weight excluding hydrogens is 831 g/mol. The summed E-state index contributed by atoms with van der Waals surface area (Å²) in [6, 6.07) is 42.2. The predicted molar refractivity (Wildman–Crippen MR) is 256 cm³/mol. The third-order valence-corrected chi connectivity index (χ3v) is 19.9. The van der Waals surface area contributed by atoms with E-state index in [9.17, 15) is 14.7 Å². The molecular formula is C53H59N5O6Si. The van der Waals surface area contributed by atoms with Crippen molar-refractivity contribution in [3.8, 4) is 5.75 Å². The first-order valence-electron chi connectivity index (χ1n) is 23.2. The first-order chi connectivity index (χ1) is 31.5. The van der Waals surface area contributed by atoms with E-state index in [-0.39, 0.29) is 54.8 Å². The minimum absolute atomic E-state index is 0.0842. The number of piperidine rings is 1. The molecule has 5 aromatic carbocycles. The van der Waals surface area contributed by atoms with Gasteiger partial charge in [0.05, 0.1) is 59.3 Å². The van der Waals surface area contributed by atoms with Crippen molar-refractivity contribution in [2.45, 2.75) is 87.6 Å². The molecule has 3 amide bonds. The molecule has 2 N–H and O–H groups in total. The number of para-hydroxylation sites is 2. The molecule has 10 rings (SSSR count). The fourth-order valence-electron chi connectivity index (χ4n) is 12.1. The van der Waals surface area contributed by atoms with Gasteiger partial charge in [-0.15, -0.1) is 0 Å². The molecule has 0 aliphatic carbocycles. The van der Waals surface area contributed by atoms with Crippen LogP contribution < -0.4 is 29.9 Å². The number of carbonyl (C=O) groups is 3. The number of nitrogens with zero attached hydrogens (tertiary/aromatic N) is 4. The second-order valence-corrected chi connectivity index (χ2v) is 23.9. The maximum Gasteiger partial charge on any atom is 0.264 e. The Balaban J connectivity index is 0.983.